The summed E-state index contributed by atoms with van der Waals surface area (Å²) >= 11 is 0. The van der Waals surface area contributed by atoms with Crippen LogP contribution < -0.4 is 4.89 Å². The number of hydrogen-bond donors (Lipinski definition) is 0. The van der Waals surface area contributed by atoms with Crippen LogP contribution >= 0.6 is 7.82 Å². The molecule has 0 bridgehead atoms. The quantitative estimate of drug-likeness (QED) is 0.0197. The van der Waals surface area contributed by atoms with E-state index in [9.17, 15) is 14.3 Å². The molecule has 2 atom stereocenters. The van der Waals surface area contributed by atoms with Crippen molar-refractivity contribution < 1.29 is 37.3 Å². The molecule has 0 aliphatic carbocycles. The van der Waals surface area contributed by atoms with Crippen molar-refractivity contribution >= 4 is 13.8 Å². The van der Waals surface area contributed by atoms with Gasteiger partial charge in [-0.15, -0.1) is 0 Å². The normalized spacial score (nSPS) is 13.8. The van der Waals surface area contributed by atoms with Crippen molar-refractivity contribution in [2.24, 2.45) is 0 Å². The van der Waals surface area contributed by atoms with E-state index < -0.39 is 13.9 Å². The zero-order valence-electron chi connectivity index (χ0n) is 41.6. The molecule has 0 radical (unpaired) electrons. The molecule has 9 heteroatoms. The average Bonchev–Trinajstić information content (AvgIpc) is 3.23. The van der Waals surface area contributed by atoms with Crippen molar-refractivity contribution in [3.05, 3.63) is 36.5 Å². The molecule has 366 valence electrons. The highest BCUT2D eigenvalue weighted by molar-refractivity contribution is 7.45. The van der Waals surface area contributed by atoms with E-state index in [4.69, 9.17) is 18.5 Å². The minimum atomic E-state index is -4.53. The molecule has 0 aromatic rings. The second-order valence-electron chi connectivity index (χ2n) is 18.9. The van der Waals surface area contributed by atoms with E-state index in [0.29, 0.717) is 24.1 Å². The summed E-state index contributed by atoms with van der Waals surface area (Å²) in [5.74, 6) is -0.340. The van der Waals surface area contributed by atoms with Crippen LogP contribution in [-0.4, -0.2) is 70.7 Å². The Morgan fingerprint density at radius 1 is 0.500 bits per heavy atom. The van der Waals surface area contributed by atoms with Crippen LogP contribution in [0.25, 0.3) is 0 Å². The highest BCUT2D eigenvalue weighted by Crippen LogP contribution is 2.38. The number of carbonyl (C=O) groups excluding carboxylic acids is 1. The summed E-state index contributed by atoms with van der Waals surface area (Å²) in [6.45, 7) is 5.42. The van der Waals surface area contributed by atoms with Crippen LogP contribution in [0, 0.1) is 0 Å². The van der Waals surface area contributed by atoms with Crippen LogP contribution in [0.3, 0.4) is 0 Å². The zero-order valence-corrected chi connectivity index (χ0v) is 42.5. The Morgan fingerprint density at radius 2 is 0.887 bits per heavy atom. The number of unbranched alkanes of at least 4 members (excludes halogenated alkanes) is 29. The lowest BCUT2D eigenvalue weighted by molar-refractivity contribution is -0.870. The first kappa shape index (κ1) is 60.7. The Balaban J connectivity index is 4.10. The first-order chi connectivity index (χ1) is 30.1. The minimum Gasteiger partial charge on any atom is -0.756 e. The third-order valence-electron chi connectivity index (χ3n) is 11.4. The molecule has 2 unspecified atom stereocenters. The summed E-state index contributed by atoms with van der Waals surface area (Å²) in [4.78, 5) is 25.2. The second kappa shape index (κ2) is 46.3. The van der Waals surface area contributed by atoms with Gasteiger partial charge in [-0.3, -0.25) is 9.36 Å². The van der Waals surface area contributed by atoms with E-state index in [1.165, 1.54) is 167 Å². The van der Waals surface area contributed by atoms with Crippen molar-refractivity contribution in [3.63, 3.8) is 0 Å². The number of phosphoric ester groups is 1. The molecule has 8 nitrogen and oxygen atoms in total. The topological polar surface area (TPSA) is 94.1 Å². The maximum absolute atomic E-state index is 12.7. The van der Waals surface area contributed by atoms with Crippen LogP contribution in [-0.2, 0) is 27.9 Å². The Bertz CT molecular complexity index is 1090. The lowest BCUT2D eigenvalue weighted by Gasteiger charge is -2.28. The molecular formula is C53H102NO7P. The largest absolute Gasteiger partial charge is 0.756 e. The number of esters is 1. The van der Waals surface area contributed by atoms with Crippen molar-refractivity contribution in [1.29, 1.82) is 0 Å². The monoisotopic (exact) mass is 896 g/mol. The summed E-state index contributed by atoms with van der Waals surface area (Å²) in [5, 5.41) is 0. The second-order valence-corrected chi connectivity index (χ2v) is 20.3. The van der Waals surface area contributed by atoms with E-state index in [1.807, 2.05) is 21.1 Å². The Labute approximate surface area is 385 Å². The zero-order chi connectivity index (χ0) is 45.5. The minimum absolute atomic E-state index is 0.0249. The van der Waals surface area contributed by atoms with Gasteiger partial charge in [0.15, 0.2) is 0 Å². The van der Waals surface area contributed by atoms with Gasteiger partial charge in [-0.1, -0.05) is 198 Å². The average molecular weight is 896 g/mol. The van der Waals surface area contributed by atoms with Crippen LogP contribution in [0.15, 0.2) is 36.5 Å². The lowest BCUT2D eigenvalue weighted by atomic mass is 10.0. The summed E-state index contributed by atoms with van der Waals surface area (Å²) in [6, 6.07) is 0. The Hall–Kier alpha value is -1.28. The van der Waals surface area contributed by atoms with Gasteiger partial charge in [0.1, 0.15) is 19.3 Å². The number of hydrogen-bond acceptors (Lipinski definition) is 7. The van der Waals surface area contributed by atoms with Gasteiger partial charge in [0, 0.05) is 13.0 Å². The maximum Gasteiger partial charge on any atom is 0.306 e. The predicted molar refractivity (Wildman–Crippen MR) is 263 cm³/mol. The van der Waals surface area contributed by atoms with Crippen LogP contribution in [0.4, 0.5) is 0 Å². The molecule has 0 spiro atoms. The molecule has 0 saturated carbocycles. The van der Waals surface area contributed by atoms with E-state index >= 15 is 0 Å². The predicted octanol–water partition coefficient (Wildman–Crippen LogP) is 15.5. The van der Waals surface area contributed by atoms with Gasteiger partial charge in [-0.2, -0.15) is 0 Å². The fraction of sp³-hybridized carbons (Fsp3) is 0.868. The first-order valence-corrected chi connectivity index (χ1v) is 27.7. The standard InChI is InChI=1S/C53H102NO7P/c1-6-8-10-12-14-16-18-20-22-24-25-26-27-28-29-30-31-33-35-37-39-41-43-45-48-58-50-52(51-60-62(56,57)59-49-47-54(3,4)5)61-53(55)46-44-42-40-38-36-34-32-23-21-19-17-15-13-11-9-7-2/h18,20,23-25,32,52H,6-17,19,21-22,26-31,33-51H2,1-5H3/b20-18-,25-24-,32-23-. The number of ether oxygens (including phenoxy) is 2. The molecule has 0 aromatic heterocycles. The van der Waals surface area contributed by atoms with Crippen molar-refractivity contribution in [3.8, 4) is 0 Å². The summed E-state index contributed by atoms with van der Waals surface area (Å²) < 4.78 is 34.7. The molecule has 0 amide bonds. The third-order valence-corrected chi connectivity index (χ3v) is 12.4. The molecule has 0 aliphatic rings. The SMILES string of the molecule is CCCCCCC/C=C\C/C=C\CCCCCCCCCCCCCCOCC(COP(=O)([O-])OCC[N+](C)(C)C)OC(=O)CCCCCCC/C=C\CCCCCCCCC. The number of carbonyl (C=O) groups is 1. The van der Waals surface area contributed by atoms with Gasteiger partial charge < -0.3 is 27.9 Å². The molecule has 0 rings (SSSR count). The van der Waals surface area contributed by atoms with Crippen molar-refractivity contribution in [1.82, 2.24) is 0 Å². The van der Waals surface area contributed by atoms with Gasteiger partial charge in [0.25, 0.3) is 7.82 Å². The van der Waals surface area contributed by atoms with Gasteiger partial charge in [0.05, 0.1) is 34.4 Å². The highest BCUT2D eigenvalue weighted by Gasteiger charge is 2.20. The molecule has 0 aromatic carbocycles. The summed E-state index contributed by atoms with van der Waals surface area (Å²) in [6.07, 6.45) is 56.0. The van der Waals surface area contributed by atoms with Gasteiger partial charge in [0.2, 0.25) is 0 Å². The molecule has 0 fully saturated rings. The van der Waals surface area contributed by atoms with Crippen LogP contribution in [0.5, 0.6) is 0 Å². The molecular weight excluding hydrogens is 794 g/mol. The number of quaternary nitrogens is 1. The van der Waals surface area contributed by atoms with E-state index in [1.54, 1.807) is 0 Å². The van der Waals surface area contributed by atoms with Crippen molar-refractivity contribution in [2.75, 3.05) is 54.1 Å². The summed E-state index contributed by atoms with van der Waals surface area (Å²) in [5.41, 5.74) is 0. The third kappa shape index (κ3) is 49.7. The Morgan fingerprint density at radius 3 is 1.32 bits per heavy atom. The van der Waals surface area contributed by atoms with E-state index in [2.05, 4.69) is 50.3 Å². The molecule has 0 aliphatic heterocycles. The van der Waals surface area contributed by atoms with Gasteiger partial charge >= 0.3 is 5.97 Å². The number of likely N-dealkylation sites (N-methyl/N-ethyl adjacent to an activating group) is 1. The maximum atomic E-state index is 12.7. The smallest absolute Gasteiger partial charge is 0.306 e. The van der Waals surface area contributed by atoms with Gasteiger partial charge in [-0.05, 0) is 70.6 Å². The van der Waals surface area contributed by atoms with Gasteiger partial charge in [-0.25, -0.2) is 0 Å². The fourth-order valence-electron chi connectivity index (χ4n) is 7.34. The highest BCUT2D eigenvalue weighted by atomic mass is 31.2. The molecule has 0 heterocycles. The number of nitrogens with zero attached hydrogens (tertiary/aromatic N) is 1. The summed E-state index contributed by atoms with van der Waals surface area (Å²) in [7, 11) is 1.36. The first-order valence-electron chi connectivity index (χ1n) is 26.2. The fourth-order valence-corrected chi connectivity index (χ4v) is 8.07. The number of allylic oxidation sites excluding steroid dienone is 6. The Kier molecular flexibility index (Phi) is 45.3. The van der Waals surface area contributed by atoms with Crippen molar-refractivity contribution in [2.45, 2.75) is 245 Å². The number of rotatable bonds is 49. The van der Waals surface area contributed by atoms with E-state index in [0.717, 1.165) is 51.4 Å². The lowest BCUT2D eigenvalue weighted by Crippen LogP contribution is -2.37. The number of phosphoric acid groups is 1. The molecule has 0 saturated heterocycles. The van der Waals surface area contributed by atoms with Crippen LogP contribution in [0.1, 0.15) is 239 Å². The molecule has 0 N–H and O–H groups in total. The van der Waals surface area contributed by atoms with Crippen LogP contribution in [0.2, 0.25) is 0 Å². The van der Waals surface area contributed by atoms with E-state index in [-0.39, 0.29) is 25.8 Å². The molecule has 62 heavy (non-hydrogen) atoms.